The number of aliphatic carboxylic acids is 1. The SMILES string of the molecule is Cc1ccc(/C(CCC(=O)O)=N/Nc2ncnc3ccccc23)cc1. The molecule has 0 spiro atoms. The van der Waals surface area contributed by atoms with Gasteiger partial charge in [-0.15, -0.1) is 0 Å². The van der Waals surface area contributed by atoms with Gasteiger partial charge in [-0.2, -0.15) is 5.10 Å². The molecule has 0 amide bonds. The van der Waals surface area contributed by atoms with Gasteiger partial charge in [-0.25, -0.2) is 9.97 Å². The number of nitrogens with one attached hydrogen (secondary N) is 1. The highest BCUT2D eigenvalue weighted by Gasteiger charge is 2.08. The molecule has 0 atom stereocenters. The number of hydrazone groups is 1. The van der Waals surface area contributed by atoms with Gasteiger partial charge >= 0.3 is 5.97 Å². The van der Waals surface area contributed by atoms with Crippen LogP contribution in [-0.2, 0) is 4.79 Å². The second-order valence-electron chi connectivity index (χ2n) is 5.67. The van der Waals surface area contributed by atoms with Gasteiger partial charge in [0, 0.05) is 11.8 Å². The van der Waals surface area contributed by atoms with Crippen LogP contribution in [0.2, 0.25) is 0 Å². The van der Waals surface area contributed by atoms with Crippen molar-refractivity contribution in [2.24, 2.45) is 5.10 Å². The number of carbonyl (C=O) groups is 1. The molecule has 0 unspecified atom stereocenters. The molecular formula is C19H18N4O2. The summed E-state index contributed by atoms with van der Waals surface area (Å²) in [6, 6.07) is 15.5. The van der Waals surface area contributed by atoms with Crippen LogP contribution in [0.1, 0.15) is 24.0 Å². The van der Waals surface area contributed by atoms with Crippen molar-refractivity contribution in [1.82, 2.24) is 9.97 Å². The molecule has 0 fully saturated rings. The zero-order valence-corrected chi connectivity index (χ0v) is 13.8. The third kappa shape index (κ3) is 4.17. The van der Waals surface area contributed by atoms with E-state index in [2.05, 4.69) is 20.5 Å². The maximum Gasteiger partial charge on any atom is 0.303 e. The number of para-hydroxylation sites is 1. The molecule has 1 aromatic heterocycles. The van der Waals surface area contributed by atoms with E-state index < -0.39 is 5.97 Å². The number of hydrogen-bond donors (Lipinski definition) is 2. The largest absolute Gasteiger partial charge is 0.481 e. The van der Waals surface area contributed by atoms with Crippen LogP contribution in [0.3, 0.4) is 0 Å². The van der Waals surface area contributed by atoms with Gasteiger partial charge in [0.15, 0.2) is 5.82 Å². The first kappa shape index (κ1) is 16.6. The van der Waals surface area contributed by atoms with Crippen molar-refractivity contribution in [1.29, 1.82) is 0 Å². The standard InChI is InChI=1S/C19H18N4O2/c1-13-6-8-14(9-7-13)16(10-11-18(24)25)22-23-19-15-4-2-3-5-17(15)20-12-21-19/h2-9,12H,10-11H2,1H3,(H,24,25)(H,20,21,23)/b22-16+. The minimum Gasteiger partial charge on any atom is -0.481 e. The lowest BCUT2D eigenvalue weighted by Crippen LogP contribution is -2.08. The molecule has 0 radical (unpaired) electrons. The summed E-state index contributed by atoms with van der Waals surface area (Å²) in [4.78, 5) is 19.4. The van der Waals surface area contributed by atoms with E-state index in [0.717, 1.165) is 22.0 Å². The second kappa shape index (κ2) is 7.53. The van der Waals surface area contributed by atoms with Crippen LogP contribution < -0.4 is 5.43 Å². The number of aryl methyl sites for hydroxylation is 1. The van der Waals surface area contributed by atoms with Gasteiger partial charge in [-0.3, -0.25) is 10.2 Å². The summed E-state index contributed by atoms with van der Waals surface area (Å²) in [5.41, 5.74) is 6.48. The molecule has 0 bridgehead atoms. The van der Waals surface area contributed by atoms with Gasteiger partial charge in [-0.1, -0.05) is 42.0 Å². The van der Waals surface area contributed by atoms with Crippen LogP contribution >= 0.6 is 0 Å². The second-order valence-corrected chi connectivity index (χ2v) is 5.67. The summed E-state index contributed by atoms with van der Waals surface area (Å²) in [5, 5.41) is 14.3. The van der Waals surface area contributed by atoms with Crippen LogP contribution in [0.5, 0.6) is 0 Å². The lowest BCUT2D eigenvalue weighted by molar-refractivity contribution is -0.136. The molecule has 1 heterocycles. The quantitative estimate of drug-likeness (QED) is 0.531. The molecule has 126 valence electrons. The number of nitrogens with zero attached hydrogens (tertiary/aromatic N) is 3. The van der Waals surface area contributed by atoms with E-state index in [1.165, 1.54) is 6.33 Å². The number of hydrogen-bond acceptors (Lipinski definition) is 5. The van der Waals surface area contributed by atoms with Gasteiger partial charge < -0.3 is 5.11 Å². The number of anilines is 1. The van der Waals surface area contributed by atoms with Crippen molar-refractivity contribution in [3.8, 4) is 0 Å². The van der Waals surface area contributed by atoms with Gasteiger partial charge in [0.05, 0.1) is 17.6 Å². The number of rotatable bonds is 6. The molecule has 0 saturated heterocycles. The molecule has 6 heteroatoms. The van der Waals surface area contributed by atoms with Gasteiger partial charge in [0.2, 0.25) is 0 Å². The summed E-state index contributed by atoms with van der Waals surface area (Å²) in [7, 11) is 0. The zero-order valence-electron chi connectivity index (χ0n) is 13.8. The Morgan fingerprint density at radius 2 is 1.84 bits per heavy atom. The summed E-state index contributed by atoms with van der Waals surface area (Å²) >= 11 is 0. The third-order valence-corrected chi connectivity index (χ3v) is 3.80. The molecule has 0 saturated carbocycles. The molecule has 3 aromatic rings. The maximum atomic E-state index is 10.9. The minimum atomic E-state index is -0.854. The van der Waals surface area contributed by atoms with Crippen molar-refractivity contribution in [3.63, 3.8) is 0 Å². The number of benzene rings is 2. The third-order valence-electron chi connectivity index (χ3n) is 3.80. The van der Waals surface area contributed by atoms with E-state index in [4.69, 9.17) is 5.11 Å². The fourth-order valence-electron chi connectivity index (χ4n) is 2.45. The summed E-state index contributed by atoms with van der Waals surface area (Å²) < 4.78 is 0. The van der Waals surface area contributed by atoms with Crippen molar-refractivity contribution >= 4 is 28.4 Å². The molecule has 0 aliphatic rings. The average molecular weight is 334 g/mol. The molecule has 0 aliphatic heterocycles. The maximum absolute atomic E-state index is 10.9. The zero-order chi connectivity index (χ0) is 17.6. The van der Waals surface area contributed by atoms with E-state index in [1.54, 1.807) is 0 Å². The van der Waals surface area contributed by atoms with E-state index in [1.807, 2.05) is 55.5 Å². The summed E-state index contributed by atoms with van der Waals surface area (Å²) in [6.07, 6.45) is 1.82. The number of aromatic nitrogens is 2. The highest BCUT2D eigenvalue weighted by atomic mass is 16.4. The molecule has 6 nitrogen and oxygen atoms in total. The topological polar surface area (TPSA) is 87.5 Å². The average Bonchev–Trinajstić information content (AvgIpc) is 2.62. The molecule has 0 aliphatic carbocycles. The Balaban J connectivity index is 1.91. The number of carboxylic acid groups (broad SMARTS) is 1. The molecule has 2 aromatic carbocycles. The first-order valence-corrected chi connectivity index (χ1v) is 7.94. The highest BCUT2D eigenvalue weighted by Crippen LogP contribution is 2.19. The monoisotopic (exact) mass is 334 g/mol. The van der Waals surface area contributed by atoms with Crippen molar-refractivity contribution in [2.75, 3.05) is 5.43 Å². The van der Waals surface area contributed by atoms with Crippen LogP contribution in [0.4, 0.5) is 5.82 Å². The molecule has 25 heavy (non-hydrogen) atoms. The Bertz CT molecular complexity index is 915. The Kier molecular flexibility index (Phi) is 4.99. The number of fused-ring (bicyclic) bond motifs is 1. The van der Waals surface area contributed by atoms with Crippen LogP contribution in [-0.4, -0.2) is 26.8 Å². The van der Waals surface area contributed by atoms with Crippen LogP contribution in [0.15, 0.2) is 60.0 Å². The summed E-state index contributed by atoms with van der Waals surface area (Å²) in [5.74, 6) is -0.266. The van der Waals surface area contributed by atoms with E-state index in [9.17, 15) is 4.79 Å². The lowest BCUT2D eigenvalue weighted by Gasteiger charge is -2.08. The first-order valence-electron chi connectivity index (χ1n) is 7.94. The predicted octanol–water partition coefficient (Wildman–Crippen LogP) is 3.62. The van der Waals surface area contributed by atoms with Crippen LogP contribution in [0, 0.1) is 6.92 Å². The number of carboxylic acids is 1. The van der Waals surface area contributed by atoms with Gasteiger partial charge in [0.1, 0.15) is 6.33 Å². The Morgan fingerprint density at radius 1 is 1.08 bits per heavy atom. The van der Waals surface area contributed by atoms with Gasteiger partial charge in [0.25, 0.3) is 0 Å². The normalized spacial score (nSPS) is 11.5. The molecule has 3 rings (SSSR count). The predicted molar refractivity (Wildman–Crippen MR) is 97.7 cm³/mol. The Hall–Kier alpha value is -3.28. The van der Waals surface area contributed by atoms with Crippen molar-refractivity contribution in [2.45, 2.75) is 19.8 Å². The van der Waals surface area contributed by atoms with Gasteiger partial charge in [-0.05, 0) is 24.6 Å². The molecule has 2 N–H and O–H groups in total. The summed E-state index contributed by atoms with van der Waals surface area (Å²) in [6.45, 7) is 2.00. The Morgan fingerprint density at radius 3 is 2.60 bits per heavy atom. The van der Waals surface area contributed by atoms with E-state index in [0.29, 0.717) is 18.0 Å². The molecular weight excluding hydrogens is 316 g/mol. The van der Waals surface area contributed by atoms with Crippen LogP contribution in [0.25, 0.3) is 10.9 Å². The fourth-order valence-corrected chi connectivity index (χ4v) is 2.45. The van der Waals surface area contributed by atoms with Crippen molar-refractivity contribution < 1.29 is 9.90 Å². The first-order chi connectivity index (χ1) is 12.1. The van der Waals surface area contributed by atoms with Crippen molar-refractivity contribution in [3.05, 3.63) is 66.0 Å². The van der Waals surface area contributed by atoms with E-state index >= 15 is 0 Å². The highest BCUT2D eigenvalue weighted by molar-refractivity contribution is 6.02. The Labute approximate surface area is 145 Å². The fraction of sp³-hybridized carbons (Fsp3) is 0.158. The smallest absolute Gasteiger partial charge is 0.303 e. The van der Waals surface area contributed by atoms with E-state index in [-0.39, 0.29) is 6.42 Å². The minimum absolute atomic E-state index is 0.0128. The lowest BCUT2D eigenvalue weighted by atomic mass is 10.0.